The van der Waals surface area contributed by atoms with Gasteiger partial charge in [-0.05, 0) is 87.7 Å². The minimum absolute atomic E-state index is 0.0621. The summed E-state index contributed by atoms with van der Waals surface area (Å²) in [6.45, 7) is 6.88. The van der Waals surface area contributed by atoms with Gasteiger partial charge in [0.1, 0.15) is 6.54 Å². The van der Waals surface area contributed by atoms with Crippen LogP contribution in [0.2, 0.25) is 0 Å². The molecule has 2 fully saturated rings. The number of aromatic amines is 1. The zero-order valence-corrected chi connectivity index (χ0v) is 19.0. The fraction of sp³-hybridized carbons (Fsp3) is 0.600. The number of carbonyl (C=O) groups excluding carboxylic acids is 2. The minimum Gasteiger partial charge on any atom is -0.361 e. The molecule has 2 aromatic rings. The van der Waals surface area contributed by atoms with E-state index in [2.05, 4.69) is 16.9 Å². The number of amides is 2. The number of fused-ring (bicyclic) bond motifs is 1. The number of H-pyrrole nitrogens is 1. The zero-order valence-electron chi connectivity index (χ0n) is 19.0. The molecule has 6 heteroatoms. The maximum atomic E-state index is 13.1. The van der Waals surface area contributed by atoms with Crippen LogP contribution >= 0.6 is 0 Å². The van der Waals surface area contributed by atoms with Crippen molar-refractivity contribution in [1.29, 1.82) is 0 Å². The van der Waals surface area contributed by atoms with E-state index in [0.29, 0.717) is 12.1 Å². The Morgan fingerprint density at radius 3 is 2.39 bits per heavy atom. The van der Waals surface area contributed by atoms with Gasteiger partial charge in [0.2, 0.25) is 5.91 Å². The van der Waals surface area contributed by atoms with Crippen molar-refractivity contribution >= 4 is 22.7 Å². The summed E-state index contributed by atoms with van der Waals surface area (Å²) in [6, 6.07) is 7.70. The van der Waals surface area contributed by atoms with Crippen molar-refractivity contribution in [3.8, 4) is 0 Å². The molecule has 6 nitrogen and oxygen atoms in total. The van der Waals surface area contributed by atoms with Crippen molar-refractivity contribution in [2.24, 2.45) is 11.8 Å². The lowest BCUT2D eigenvalue weighted by Crippen LogP contribution is -2.47. The number of nitrogens with zero attached hydrogens (tertiary/aromatic N) is 3. The zero-order chi connectivity index (χ0) is 21.8. The van der Waals surface area contributed by atoms with Crippen LogP contribution in [0.5, 0.6) is 0 Å². The summed E-state index contributed by atoms with van der Waals surface area (Å²) in [5.74, 6) is 1.59. The van der Waals surface area contributed by atoms with Crippen LogP contribution in [0.3, 0.4) is 0 Å². The van der Waals surface area contributed by atoms with Crippen LogP contribution in [0.1, 0.15) is 49.4 Å². The SMILES string of the molecule is CCCN(CC(=O)N1CCC(C2CCN(C)CC2)CC1)C(=O)c1ccc2cc[nH]c2c1. The highest BCUT2D eigenvalue weighted by atomic mass is 16.2. The number of likely N-dealkylation sites (tertiary alicyclic amines) is 2. The van der Waals surface area contributed by atoms with Gasteiger partial charge < -0.3 is 19.7 Å². The summed E-state index contributed by atoms with van der Waals surface area (Å²) in [7, 11) is 2.21. The van der Waals surface area contributed by atoms with Gasteiger partial charge in [-0.3, -0.25) is 9.59 Å². The largest absolute Gasteiger partial charge is 0.361 e. The van der Waals surface area contributed by atoms with E-state index in [-0.39, 0.29) is 18.4 Å². The van der Waals surface area contributed by atoms with Gasteiger partial charge in [0.15, 0.2) is 0 Å². The quantitative estimate of drug-likeness (QED) is 0.771. The van der Waals surface area contributed by atoms with Crippen LogP contribution in [-0.4, -0.2) is 77.8 Å². The molecule has 168 valence electrons. The highest BCUT2D eigenvalue weighted by molar-refractivity contribution is 5.99. The van der Waals surface area contributed by atoms with Gasteiger partial charge >= 0.3 is 0 Å². The standard InChI is InChI=1S/C25H36N4O2/c1-3-12-29(25(31)22-5-4-21-6-11-26-23(21)17-22)18-24(30)28-15-9-20(10-16-28)19-7-13-27(2)14-8-19/h4-6,11,17,19-20,26H,3,7-10,12-16,18H2,1-2H3. The molecule has 1 aromatic carbocycles. The highest BCUT2D eigenvalue weighted by Gasteiger charge is 2.31. The number of carbonyl (C=O) groups is 2. The van der Waals surface area contributed by atoms with E-state index in [9.17, 15) is 9.59 Å². The minimum atomic E-state index is -0.0621. The maximum Gasteiger partial charge on any atom is 0.254 e. The molecule has 0 saturated carbocycles. The summed E-state index contributed by atoms with van der Waals surface area (Å²) in [5.41, 5.74) is 1.58. The van der Waals surface area contributed by atoms with E-state index >= 15 is 0 Å². The molecule has 0 radical (unpaired) electrons. The Labute approximate surface area is 185 Å². The van der Waals surface area contributed by atoms with Crippen molar-refractivity contribution in [2.45, 2.75) is 39.0 Å². The average molecular weight is 425 g/mol. The number of benzene rings is 1. The lowest BCUT2D eigenvalue weighted by molar-refractivity contribution is -0.133. The van der Waals surface area contributed by atoms with E-state index < -0.39 is 0 Å². The second-order valence-electron chi connectivity index (χ2n) is 9.37. The van der Waals surface area contributed by atoms with Crippen molar-refractivity contribution in [1.82, 2.24) is 19.7 Å². The molecule has 0 aliphatic carbocycles. The fourth-order valence-corrected chi connectivity index (χ4v) is 5.27. The second kappa shape index (κ2) is 9.86. The Kier molecular flexibility index (Phi) is 6.96. The predicted octanol–water partition coefficient (Wildman–Crippen LogP) is 3.60. The third kappa shape index (κ3) is 5.12. The van der Waals surface area contributed by atoms with Crippen molar-refractivity contribution in [3.05, 3.63) is 36.0 Å². The van der Waals surface area contributed by atoms with E-state index in [1.165, 1.54) is 25.9 Å². The number of rotatable bonds is 6. The predicted molar refractivity (Wildman–Crippen MR) is 124 cm³/mol. The molecule has 0 atom stereocenters. The molecular formula is C25H36N4O2. The van der Waals surface area contributed by atoms with Crippen LogP contribution in [0.15, 0.2) is 30.5 Å². The normalized spacial score (nSPS) is 19.1. The molecule has 3 heterocycles. The van der Waals surface area contributed by atoms with Gasteiger partial charge in [0, 0.05) is 36.9 Å². The van der Waals surface area contributed by atoms with Crippen LogP contribution in [-0.2, 0) is 4.79 Å². The molecule has 4 rings (SSSR count). The van der Waals surface area contributed by atoms with E-state index in [1.54, 1.807) is 4.90 Å². The van der Waals surface area contributed by atoms with Crippen LogP contribution < -0.4 is 0 Å². The molecule has 0 bridgehead atoms. The van der Waals surface area contributed by atoms with Crippen molar-refractivity contribution < 1.29 is 9.59 Å². The van der Waals surface area contributed by atoms with Gasteiger partial charge in [-0.15, -0.1) is 0 Å². The first-order chi connectivity index (χ1) is 15.0. The third-order valence-corrected chi connectivity index (χ3v) is 7.23. The average Bonchev–Trinajstić information content (AvgIpc) is 3.27. The lowest BCUT2D eigenvalue weighted by atomic mass is 9.79. The topological polar surface area (TPSA) is 59.7 Å². The van der Waals surface area contributed by atoms with E-state index in [0.717, 1.165) is 55.1 Å². The summed E-state index contributed by atoms with van der Waals surface area (Å²) in [6.07, 6.45) is 7.50. The molecule has 2 amide bonds. The summed E-state index contributed by atoms with van der Waals surface area (Å²) in [5, 5.41) is 1.09. The number of hydrogen-bond donors (Lipinski definition) is 1. The summed E-state index contributed by atoms with van der Waals surface area (Å²) >= 11 is 0. The molecule has 1 aromatic heterocycles. The van der Waals surface area contributed by atoms with Gasteiger partial charge in [-0.2, -0.15) is 0 Å². The third-order valence-electron chi connectivity index (χ3n) is 7.23. The molecule has 1 N–H and O–H groups in total. The number of piperidine rings is 2. The first-order valence-corrected chi connectivity index (χ1v) is 11.9. The number of hydrogen-bond acceptors (Lipinski definition) is 3. The first kappa shape index (κ1) is 21.9. The molecule has 2 saturated heterocycles. The molecule has 0 spiro atoms. The van der Waals surface area contributed by atoms with Gasteiger partial charge in [-0.25, -0.2) is 0 Å². The van der Waals surface area contributed by atoms with E-state index in [4.69, 9.17) is 0 Å². The maximum absolute atomic E-state index is 13.1. The summed E-state index contributed by atoms with van der Waals surface area (Å²) in [4.78, 5) is 35.5. The van der Waals surface area contributed by atoms with Crippen LogP contribution in [0, 0.1) is 11.8 Å². The molecular weight excluding hydrogens is 388 g/mol. The number of aromatic nitrogens is 1. The van der Waals surface area contributed by atoms with Crippen LogP contribution in [0.4, 0.5) is 0 Å². The van der Waals surface area contributed by atoms with Gasteiger partial charge in [0.05, 0.1) is 0 Å². The summed E-state index contributed by atoms with van der Waals surface area (Å²) < 4.78 is 0. The molecule has 2 aliphatic rings. The first-order valence-electron chi connectivity index (χ1n) is 11.9. The molecule has 0 unspecified atom stereocenters. The molecule has 2 aliphatic heterocycles. The number of nitrogens with one attached hydrogen (secondary N) is 1. The van der Waals surface area contributed by atoms with Crippen LogP contribution in [0.25, 0.3) is 10.9 Å². The Morgan fingerprint density at radius 1 is 1.03 bits per heavy atom. The highest BCUT2D eigenvalue weighted by Crippen LogP contribution is 2.32. The monoisotopic (exact) mass is 424 g/mol. The fourth-order valence-electron chi connectivity index (χ4n) is 5.27. The smallest absolute Gasteiger partial charge is 0.254 e. The molecule has 31 heavy (non-hydrogen) atoms. The Bertz CT molecular complexity index is 892. The van der Waals surface area contributed by atoms with Crippen molar-refractivity contribution in [2.75, 3.05) is 46.3 Å². The Balaban J connectivity index is 1.33. The Morgan fingerprint density at radius 2 is 1.71 bits per heavy atom. The van der Waals surface area contributed by atoms with Gasteiger partial charge in [0.25, 0.3) is 5.91 Å². The Hall–Kier alpha value is -2.34. The lowest BCUT2D eigenvalue weighted by Gasteiger charge is -2.39. The van der Waals surface area contributed by atoms with Gasteiger partial charge in [-0.1, -0.05) is 13.0 Å². The second-order valence-corrected chi connectivity index (χ2v) is 9.37. The van der Waals surface area contributed by atoms with E-state index in [1.807, 2.05) is 42.3 Å². The van der Waals surface area contributed by atoms with Crippen molar-refractivity contribution in [3.63, 3.8) is 0 Å².